The Bertz CT molecular complexity index is 1070. The number of nitrogens with zero attached hydrogens (tertiary/aromatic N) is 1. The van der Waals surface area contributed by atoms with Crippen molar-refractivity contribution in [1.29, 1.82) is 0 Å². The average molecular weight is 480 g/mol. The minimum Gasteiger partial charge on any atom is -0.367 e. The number of anilines is 2. The summed E-state index contributed by atoms with van der Waals surface area (Å²) in [5.74, 6) is 0.913. The smallest absolute Gasteiger partial charge is 0.319 e. The first-order valence-corrected chi connectivity index (χ1v) is 10.9. The van der Waals surface area contributed by atoms with E-state index in [1.165, 1.54) is 10.9 Å². The normalized spacial score (nSPS) is 18.2. The van der Waals surface area contributed by atoms with Crippen molar-refractivity contribution in [3.63, 3.8) is 0 Å². The molecule has 1 fully saturated rings. The van der Waals surface area contributed by atoms with E-state index in [0.29, 0.717) is 21.8 Å². The first-order chi connectivity index (χ1) is 14.5. The zero-order valence-electron chi connectivity index (χ0n) is 17.1. The van der Waals surface area contributed by atoms with Gasteiger partial charge in [0, 0.05) is 17.5 Å². The molecule has 2 amide bonds. The van der Waals surface area contributed by atoms with Crippen molar-refractivity contribution in [2.24, 2.45) is 0 Å². The highest BCUT2D eigenvalue weighted by atomic mass is 35.5. The van der Waals surface area contributed by atoms with Gasteiger partial charge >= 0.3 is 6.03 Å². The molecule has 164 valence electrons. The summed E-state index contributed by atoms with van der Waals surface area (Å²) in [5.41, 5.74) is 2.73. The molecule has 1 saturated carbocycles. The number of aromatic nitrogens is 1. The van der Waals surface area contributed by atoms with E-state index >= 15 is 0 Å². The number of amides is 2. The van der Waals surface area contributed by atoms with E-state index in [4.69, 9.17) is 28.2 Å². The predicted octanol–water partition coefficient (Wildman–Crippen LogP) is 6.82. The summed E-state index contributed by atoms with van der Waals surface area (Å²) >= 11 is 12.1. The minimum atomic E-state index is -0.262. The number of rotatable bonds is 4. The third kappa shape index (κ3) is 5.73. The van der Waals surface area contributed by atoms with E-state index in [1.807, 2.05) is 18.2 Å². The first kappa shape index (κ1) is 23.5. The Balaban J connectivity index is 0.00000272. The second-order valence-electron chi connectivity index (χ2n) is 7.73. The van der Waals surface area contributed by atoms with Gasteiger partial charge in [0.25, 0.3) is 0 Å². The monoisotopic (exact) mass is 478 g/mol. The maximum atomic E-state index is 12.3. The summed E-state index contributed by atoms with van der Waals surface area (Å²) in [6.07, 6.45) is 3.74. The maximum Gasteiger partial charge on any atom is 0.319 e. The lowest BCUT2D eigenvalue weighted by molar-refractivity contribution is 0.243. The molecule has 0 atom stereocenters. The summed E-state index contributed by atoms with van der Waals surface area (Å²) in [5, 5.41) is 11.3. The van der Waals surface area contributed by atoms with E-state index in [9.17, 15) is 4.79 Å². The molecule has 1 aliphatic carbocycles. The Morgan fingerprint density at radius 1 is 1.00 bits per heavy atom. The van der Waals surface area contributed by atoms with Crippen molar-refractivity contribution in [3.05, 3.63) is 64.1 Å². The van der Waals surface area contributed by atoms with Crippen LogP contribution < -0.4 is 16.0 Å². The topological polar surface area (TPSA) is 66.0 Å². The van der Waals surface area contributed by atoms with E-state index in [1.54, 1.807) is 18.2 Å². The lowest BCUT2D eigenvalue weighted by Crippen LogP contribution is -2.42. The summed E-state index contributed by atoms with van der Waals surface area (Å²) in [6, 6.07) is 15.7. The molecule has 3 N–H and O–H groups in total. The lowest BCUT2D eigenvalue weighted by atomic mass is 9.91. The predicted molar refractivity (Wildman–Crippen MR) is 132 cm³/mol. The number of para-hydroxylation sites is 1. The number of nitrogens with one attached hydrogen (secondary N) is 3. The first-order valence-electron chi connectivity index (χ1n) is 10.1. The van der Waals surface area contributed by atoms with Crippen molar-refractivity contribution in [1.82, 2.24) is 10.3 Å². The van der Waals surface area contributed by atoms with Gasteiger partial charge < -0.3 is 16.0 Å². The molecule has 1 heterocycles. The second kappa shape index (κ2) is 10.4. The summed E-state index contributed by atoms with van der Waals surface area (Å²) in [6.45, 7) is 2.11. The van der Waals surface area contributed by atoms with Crippen LogP contribution in [0, 0.1) is 6.92 Å². The molecule has 1 aromatic heterocycles. The van der Waals surface area contributed by atoms with Gasteiger partial charge in [-0.3, -0.25) is 0 Å². The standard InChI is InChI=1S/C23H24Cl2N4O.ClH/c1-14-13-21(28-19-7-3-2-5-17(14)19)26-15-9-11-16(12-10-15)27-23(30)29-20-8-4-6-18(24)22(20)25;/h2-8,13,15-16H,9-12H2,1H3,(H,26,28)(H2,27,29,30);1H/t15-,16+;. The molecular formula is C23H25Cl3N4O. The largest absolute Gasteiger partial charge is 0.367 e. The number of fused-ring (bicyclic) bond motifs is 1. The molecule has 4 rings (SSSR count). The van der Waals surface area contributed by atoms with Crippen molar-refractivity contribution < 1.29 is 4.79 Å². The van der Waals surface area contributed by atoms with Crippen LogP contribution in [0.25, 0.3) is 10.9 Å². The highest BCUT2D eigenvalue weighted by Gasteiger charge is 2.23. The third-order valence-corrected chi connectivity index (χ3v) is 6.36. The quantitative estimate of drug-likeness (QED) is 0.385. The Morgan fingerprint density at radius 2 is 1.71 bits per heavy atom. The van der Waals surface area contributed by atoms with E-state index in [0.717, 1.165) is 37.0 Å². The minimum absolute atomic E-state index is 0. The molecule has 0 aliphatic heterocycles. The Labute approximate surface area is 198 Å². The highest BCUT2D eigenvalue weighted by molar-refractivity contribution is 6.43. The molecule has 31 heavy (non-hydrogen) atoms. The highest BCUT2D eigenvalue weighted by Crippen LogP contribution is 2.30. The fourth-order valence-corrected chi connectivity index (χ4v) is 4.31. The Hall–Kier alpha value is -2.21. The average Bonchev–Trinajstić information content (AvgIpc) is 2.73. The summed E-state index contributed by atoms with van der Waals surface area (Å²) in [7, 11) is 0. The molecule has 0 radical (unpaired) electrons. The second-order valence-corrected chi connectivity index (χ2v) is 8.52. The molecule has 0 bridgehead atoms. The molecule has 0 saturated heterocycles. The van der Waals surface area contributed by atoms with Crippen LogP contribution in [-0.4, -0.2) is 23.1 Å². The number of hydrogen-bond donors (Lipinski definition) is 3. The Morgan fingerprint density at radius 3 is 2.48 bits per heavy atom. The number of halogens is 3. The van der Waals surface area contributed by atoms with E-state index in [-0.39, 0.29) is 24.5 Å². The number of carbonyl (C=O) groups is 1. The van der Waals surface area contributed by atoms with Crippen LogP contribution in [0.4, 0.5) is 16.3 Å². The van der Waals surface area contributed by atoms with E-state index < -0.39 is 0 Å². The van der Waals surface area contributed by atoms with Gasteiger partial charge in [0.05, 0.1) is 21.2 Å². The van der Waals surface area contributed by atoms with Crippen LogP contribution in [0.3, 0.4) is 0 Å². The van der Waals surface area contributed by atoms with Crippen molar-refractivity contribution in [3.8, 4) is 0 Å². The molecule has 0 unspecified atom stereocenters. The van der Waals surface area contributed by atoms with Crippen LogP contribution in [0.5, 0.6) is 0 Å². The van der Waals surface area contributed by atoms with Gasteiger partial charge in [-0.15, -0.1) is 12.4 Å². The van der Waals surface area contributed by atoms with Gasteiger partial charge in [-0.05, 0) is 62.4 Å². The molecule has 2 aromatic carbocycles. The maximum absolute atomic E-state index is 12.3. The molecule has 3 aromatic rings. The third-order valence-electron chi connectivity index (χ3n) is 5.54. The lowest BCUT2D eigenvalue weighted by Gasteiger charge is -2.30. The molecule has 5 nitrogen and oxygen atoms in total. The van der Waals surface area contributed by atoms with Gasteiger partial charge in [-0.2, -0.15) is 0 Å². The fourth-order valence-electron chi connectivity index (χ4n) is 3.96. The van der Waals surface area contributed by atoms with Gasteiger partial charge in [0.15, 0.2) is 0 Å². The number of hydrogen-bond acceptors (Lipinski definition) is 3. The fraction of sp³-hybridized carbons (Fsp3) is 0.304. The number of urea groups is 1. The van der Waals surface area contributed by atoms with Crippen LogP contribution in [0.1, 0.15) is 31.2 Å². The summed E-state index contributed by atoms with van der Waals surface area (Å²) in [4.78, 5) is 17.1. The van der Waals surface area contributed by atoms with Gasteiger partial charge in [0.1, 0.15) is 5.82 Å². The van der Waals surface area contributed by atoms with Crippen molar-refractivity contribution >= 4 is 64.0 Å². The number of pyridine rings is 1. The van der Waals surface area contributed by atoms with Crippen molar-refractivity contribution in [2.75, 3.05) is 10.6 Å². The number of aryl methyl sites for hydroxylation is 1. The molecule has 0 spiro atoms. The molecule has 8 heteroatoms. The van der Waals surface area contributed by atoms with Gasteiger partial charge in [-0.1, -0.05) is 47.5 Å². The molecule has 1 aliphatic rings. The van der Waals surface area contributed by atoms with E-state index in [2.05, 4.69) is 35.0 Å². The van der Waals surface area contributed by atoms with Crippen LogP contribution in [0.2, 0.25) is 10.0 Å². The SMILES string of the molecule is Cc1cc(N[C@H]2CC[C@@H](NC(=O)Nc3cccc(Cl)c3Cl)CC2)nc2ccccc12.Cl. The van der Waals surface area contributed by atoms with Crippen LogP contribution >= 0.6 is 35.6 Å². The molecular weight excluding hydrogens is 455 g/mol. The van der Waals surface area contributed by atoms with Crippen LogP contribution in [-0.2, 0) is 0 Å². The zero-order chi connectivity index (χ0) is 21.1. The number of benzene rings is 2. The van der Waals surface area contributed by atoms with Crippen LogP contribution in [0.15, 0.2) is 48.5 Å². The van der Waals surface area contributed by atoms with Gasteiger partial charge in [0.2, 0.25) is 0 Å². The van der Waals surface area contributed by atoms with Gasteiger partial charge in [-0.25, -0.2) is 9.78 Å². The zero-order valence-corrected chi connectivity index (χ0v) is 19.4. The summed E-state index contributed by atoms with van der Waals surface area (Å²) < 4.78 is 0. The van der Waals surface area contributed by atoms with Crippen molar-refractivity contribution in [2.45, 2.75) is 44.7 Å². The Kier molecular flexibility index (Phi) is 7.87. The number of carbonyl (C=O) groups excluding carboxylic acids is 1.